The van der Waals surface area contributed by atoms with E-state index in [2.05, 4.69) is 24.0 Å². The van der Waals surface area contributed by atoms with Gasteiger partial charge in [-0.2, -0.15) is 4.98 Å². The van der Waals surface area contributed by atoms with Gasteiger partial charge < -0.3 is 9.26 Å². The third-order valence-electron chi connectivity index (χ3n) is 2.87. The second kappa shape index (κ2) is 7.41. The van der Waals surface area contributed by atoms with E-state index in [4.69, 9.17) is 9.26 Å². The number of ether oxygens (including phenoxy) is 1. The number of esters is 1. The van der Waals surface area contributed by atoms with Gasteiger partial charge in [-0.05, 0) is 18.8 Å². The molecular formula is C15H26N2O3. The molecule has 0 N–H and O–H groups in total. The van der Waals surface area contributed by atoms with Gasteiger partial charge >= 0.3 is 5.97 Å². The number of hydrogen-bond acceptors (Lipinski definition) is 5. The Morgan fingerprint density at radius 2 is 2.05 bits per heavy atom. The van der Waals surface area contributed by atoms with E-state index in [1.807, 2.05) is 20.8 Å². The van der Waals surface area contributed by atoms with E-state index in [9.17, 15) is 4.79 Å². The molecule has 0 saturated heterocycles. The molecule has 1 aromatic heterocycles. The van der Waals surface area contributed by atoms with Crippen LogP contribution in [0.5, 0.6) is 0 Å². The fourth-order valence-electron chi connectivity index (χ4n) is 1.53. The largest absolute Gasteiger partial charge is 0.466 e. The van der Waals surface area contributed by atoms with Crippen molar-refractivity contribution in [2.45, 2.75) is 65.7 Å². The summed E-state index contributed by atoms with van der Waals surface area (Å²) < 4.78 is 10.3. The zero-order valence-electron chi connectivity index (χ0n) is 13.2. The first kappa shape index (κ1) is 16.7. The van der Waals surface area contributed by atoms with Crippen molar-refractivity contribution < 1.29 is 14.1 Å². The van der Waals surface area contributed by atoms with Crippen molar-refractivity contribution in [1.29, 1.82) is 0 Å². The van der Waals surface area contributed by atoms with Gasteiger partial charge in [-0.3, -0.25) is 4.79 Å². The zero-order valence-corrected chi connectivity index (χ0v) is 13.2. The minimum atomic E-state index is -0.152. The molecule has 0 unspecified atom stereocenters. The Kier molecular flexibility index (Phi) is 6.17. The zero-order chi connectivity index (χ0) is 15.2. The highest BCUT2D eigenvalue weighted by Crippen LogP contribution is 2.18. The third kappa shape index (κ3) is 6.17. The smallest absolute Gasteiger partial charge is 0.305 e. The monoisotopic (exact) mass is 282 g/mol. The van der Waals surface area contributed by atoms with Crippen LogP contribution < -0.4 is 0 Å². The fourth-order valence-corrected chi connectivity index (χ4v) is 1.53. The van der Waals surface area contributed by atoms with E-state index in [-0.39, 0.29) is 11.4 Å². The lowest BCUT2D eigenvalue weighted by molar-refractivity contribution is -0.144. The summed E-state index contributed by atoms with van der Waals surface area (Å²) in [6.07, 6.45) is 2.59. The third-order valence-corrected chi connectivity index (χ3v) is 2.87. The molecule has 0 aliphatic rings. The maximum absolute atomic E-state index is 11.5. The molecule has 5 nitrogen and oxygen atoms in total. The van der Waals surface area contributed by atoms with Gasteiger partial charge in [-0.15, -0.1) is 0 Å². The lowest BCUT2D eigenvalue weighted by Crippen LogP contribution is -2.13. The molecule has 0 spiro atoms. The van der Waals surface area contributed by atoms with Crippen LogP contribution in [-0.2, 0) is 21.4 Å². The van der Waals surface area contributed by atoms with E-state index in [0.717, 1.165) is 6.42 Å². The van der Waals surface area contributed by atoms with Crippen LogP contribution in [0, 0.1) is 5.92 Å². The van der Waals surface area contributed by atoms with E-state index >= 15 is 0 Å². The standard InChI is InChI=1S/C15H26N2O3/c1-11(2)9-10-19-13(18)8-6-7-12-16-14(17-20-12)15(3,4)5/h11H,6-10H2,1-5H3. The number of carbonyl (C=O) groups is 1. The van der Waals surface area contributed by atoms with Crippen LogP contribution in [0.3, 0.4) is 0 Å². The molecule has 20 heavy (non-hydrogen) atoms. The average molecular weight is 282 g/mol. The molecule has 0 aliphatic carbocycles. The lowest BCUT2D eigenvalue weighted by atomic mass is 9.96. The van der Waals surface area contributed by atoms with Crippen LogP contribution in [0.25, 0.3) is 0 Å². The van der Waals surface area contributed by atoms with Crippen molar-refractivity contribution in [3.05, 3.63) is 11.7 Å². The second-order valence-corrected chi connectivity index (χ2v) is 6.52. The minimum absolute atomic E-state index is 0.114. The molecule has 0 radical (unpaired) electrons. The number of aromatic nitrogens is 2. The molecule has 0 aliphatic heterocycles. The quantitative estimate of drug-likeness (QED) is 0.718. The molecule has 0 atom stereocenters. The summed E-state index contributed by atoms with van der Waals surface area (Å²) in [5, 5.41) is 3.95. The molecule has 0 fully saturated rings. The van der Waals surface area contributed by atoms with E-state index in [1.54, 1.807) is 0 Å². The van der Waals surface area contributed by atoms with Gasteiger partial charge in [0.05, 0.1) is 6.61 Å². The predicted molar refractivity (Wildman–Crippen MR) is 76.4 cm³/mol. The maximum atomic E-state index is 11.5. The summed E-state index contributed by atoms with van der Waals surface area (Å²) in [7, 11) is 0. The first-order chi connectivity index (χ1) is 9.29. The number of rotatable bonds is 7. The van der Waals surface area contributed by atoms with E-state index < -0.39 is 0 Å². The highest BCUT2D eigenvalue weighted by molar-refractivity contribution is 5.69. The molecule has 5 heteroatoms. The lowest BCUT2D eigenvalue weighted by Gasteiger charge is -2.10. The molecule has 1 rings (SSSR count). The molecule has 0 aromatic carbocycles. The summed E-state index contributed by atoms with van der Waals surface area (Å²) in [6, 6.07) is 0. The fraction of sp³-hybridized carbons (Fsp3) is 0.800. The van der Waals surface area contributed by atoms with Crippen molar-refractivity contribution in [3.63, 3.8) is 0 Å². The van der Waals surface area contributed by atoms with Gasteiger partial charge in [0.15, 0.2) is 5.82 Å². The van der Waals surface area contributed by atoms with Crippen LogP contribution in [0.15, 0.2) is 4.52 Å². The predicted octanol–water partition coefficient (Wildman–Crippen LogP) is 3.28. The normalized spacial score (nSPS) is 11.9. The Balaban J connectivity index is 2.24. The number of carbonyl (C=O) groups excluding carboxylic acids is 1. The highest BCUT2D eigenvalue weighted by atomic mass is 16.5. The van der Waals surface area contributed by atoms with Gasteiger partial charge in [0.1, 0.15) is 0 Å². The van der Waals surface area contributed by atoms with Crippen LogP contribution in [0.1, 0.15) is 65.6 Å². The van der Waals surface area contributed by atoms with Crippen LogP contribution in [0.4, 0.5) is 0 Å². The highest BCUT2D eigenvalue weighted by Gasteiger charge is 2.20. The summed E-state index contributed by atoms with van der Waals surface area (Å²) >= 11 is 0. The molecule has 114 valence electrons. The number of hydrogen-bond donors (Lipinski definition) is 0. The summed E-state index contributed by atoms with van der Waals surface area (Å²) in [5.41, 5.74) is -0.114. The van der Waals surface area contributed by atoms with Gasteiger partial charge in [0.2, 0.25) is 5.89 Å². The number of nitrogens with zero attached hydrogens (tertiary/aromatic N) is 2. The van der Waals surface area contributed by atoms with E-state index in [1.165, 1.54) is 0 Å². The van der Waals surface area contributed by atoms with Gasteiger partial charge in [-0.1, -0.05) is 39.8 Å². The van der Waals surface area contributed by atoms with Gasteiger partial charge in [0.25, 0.3) is 0 Å². The Morgan fingerprint density at radius 3 is 2.60 bits per heavy atom. The summed E-state index contributed by atoms with van der Waals surface area (Å²) in [5.74, 6) is 1.69. The van der Waals surface area contributed by atoms with E-state index in [0.29, 0.717) is 43.5 Å². The van der Waals surface area contributed by atoms with Gasteiger partial charge in [0, 0.05) is 18.3 Å². The molecule has 0 bridgehead atoms. The topological polar surface area (TPSA) is 65.2 Å². The van der Waals surface area contributed by atoms with Gasteiger partial charge in [-0.25, -0.2) is 0 Å². The Morgan fingerprint density at radius 1 is 1.35 bits per heavy atom. The molecular weight excluding hydrogens is 256 g/mol. The first-order valence-electron chi connectivity index (χ1n) is 7.27. The molecule has 1 heterocycles. The number of aryl methyl sites for hydroxylation is 1. The second-order valence-electron chi connectivity index (χ2n) is 6.52. The van der Waals surface area contributed by atoms with Crippen molar-refractivity contribution in [3.8, 4) is 0 Å². The molecule has 1 aromatic rings. The SMILES string of the molecule is CC(C)CCOC(=O)CCCc1nc(C(C)(C)C)no1. The Labute approximate surface area is 121 Å². The van der Waals surface area contributed by atoms with Crippen molar-refractivity contribution in [2.24, 2.45) is 5.92 Å². The molecule has 0 saturated carbocycles. The molecule has 0 amide bonds. The average Bonchev–Trinajstić information content (AvgIpc) is 2.77. The van der Waals surface area contributed by atoms with Crippen LogP contribution in [0.2, 0.25) is 0 Å². The maximum Gasteiger partial charge on any atom is 0.305 e. The van der Waals surface area contributed by atoms with Crippen molar-refractivity contribution in [1.82, 2.24) is 10.1 Å². The van der Waals surface area contributed by atoms with Crippen LogP contribution >= 0.6 is 0 Å². The summed E-state index contributed by atoms with van der Waals surface area (Å²) in [6.45, 7) is 10.8. The van der Waals surface area contributed by atoms with Crippen molar-refractivity contribution in [2.75, 3.05) is 6.61 Å². The first-order valence-corrected chi connectivity index (χ1v) is 7.27. The van der Waals surface area contributed by atoms with Crippen molar-refractivity contribution >= 4 is 5.97 Å². The minimum Gasteiger partial charge on any atom is -0.466 e. The Hall–Kier alpha value is -1.39. The Bertz CT molecular complexity index is 419. The summed E-state index contributed by atoms with van der Waals surface area (Å²) in [4.78, 5) is 15.8. The van der Waals surface area contributed by atoms with Crippen LogP contribution in [-0.4, -0.2) is 22.7 Å².